The summed E-state index contributed by atoms with van der Waals surface area (Å²) < 4.78 is 4.68. The summed E-state index contributed by atoms with van der Waals surface area (Å²) in [5.41, 5.74) is 1.47. The molecule has 0 saturated carbocycles. The van der Waals surface area contributed by atoms with Gasteiger partial charge in [0.2, 0.25) is 0 Å². The molecule has 3 amide bonds. The van der Waals surface area contributed by atoms with Gasteiger partial charge in [-0.25, -0.2) is 9.69 Å². The SMILES string of the molecule is COC(=O)c1cccc(N2C(=O)C(Cl)=C(Nc3ccc(C(=O)Nc4ccccc4Cl)cc3)C2=O)c1. The molecule has 0 saturated heterocycles. The number of rotatable bonds is 6. The minimum atomic E-state index is -0.739. The number of nitrogens with zero attached hydrogens (tertiary/aromatic N) is 1. The summed E-state index contributed by atoms with van der Waals surface area (Å²) >= 11 is 12.2. The van der Waals surface area contributed by atoms with Crippen LogP contribution in [0.15, 0.2) is 83.5 Å². The van der Waals surface area contributed by atoms with Crippen molar-refractivity contribution < 1.29 is 23.9 Å². The van der Waals surface area contributed by atoms with Gasteiger partial charge in [-0.2, -0.15) is 0 Å². The average Bonchev–Trinajstić information content (AvgIpc) is 3.08. The van der Waals surface area contributed by atoms with Crippen molar-refractivity contribution in [3.8, 4) is 0 Å². The van der Waals surface area contributed by atoms with E-state index in [2.05, 4.69) is 15.4 Å². The molecular weight excluding hydrogens is 493 g/mol. The Balaban J connectivity index is 1.50. The lowest BCUT2D eigenvalue weighted by Gasteiger charge is -2.16. The van der Waals surface area contributed by atoms with Crippen molar-refractivity contribution >= 4 is 64.0 Å². The van der Waals surface area contributed by atoms with E-state index in [0.29, 0.717) is 22.0 Å². The van der Waals surface area contributed by atoms with Gasteiger partial charge >= 0.3 is 5.97 Å². The first kappa shape index (κ1) is 24.0. The maximum absolute atomic E-state index is 13.0. The molecule has 0 radical (unpaired) electrons. The van der Waals surface area contributed by atoms with Crippen LogP contribution in [0.1, 0.15) is 20.7 Å². The van der Waals surface area contributed by atoms with Gasteiger partial charge in [-0.05, 0) is 54.6 Å². The Bertz CT molecular complexity index is 1390. The maximum Gasteiger partial charge on any atom is 0.337 e. The number of hydrogen-bond donors (Lipinski definition) is 2. The zero-order chi connectivity index (χ0) is 25.1. The number of methoxy groups -OCH3 is 1. The number of ether oxygens (including phenoxy) is 1. The van der Waals surface area contributed by atoms with Crippen molar-refractivity contribution in [2.45, 2.75) is 0 Å². The summed E-state index contributed by atoms with van der Waals surface area (Å²) in [6.07, 6.45) is 0. The number of benzene rings is 3. The molecule has 0 aromatic heterocycles. The molecule has 8 nitrogen and oxygen atoms in total. The molecule has 35 heavy (non-hydrogen) atoms. The highest BCUT2D eigenvalue weighted by atomic mass is 35.5. The molecule has 1 aliphatic heterocycles. The van der Waals surface area contributed by atoms with Crippen molar-refractivity contribution in [1.29, 1.82) is 0 Å². The Hall–Kier alpha value is -4.14. The van der Waals surface area contributed by atoms with E-state index in [1.165, 1.54) is 31.4 Å². The molecule has 0 spiro atoms. The zero-order valence-corrected chi connectivity index (χ0v) is 19.7. The van der Waals surface area contributed by atoms with E-state index in [9.17, 15) is 19.2 Å². The Labute approximate surface area is 210 Å². The highest BCUT2D eigenvalue weighted by Gasteiger charge is 2.39. The largest absolute Gasteiger partial charge is 0.465 e. The number of nitrogens with one attached hydrogen (secondary N) is 2. The number of esters is 1. The normalized spacial score (nSPS) is 13.2. The van der Waals surface area contributed by atoms with Crippen molar-refractivity contribution in [2.24, 2.45) is 0 Å². The van der Waals surface area contributed by atoms with Crippen LogP contribution in [0, 0.1) is 0 Å². The number of carbonyl (C=O) groups is 4. The first-order chi connectivity index (χ1) is 16.8. The van der Waals surface area contributed by atoms with Crippen molar-refractivity contribution in [2.75, 3.05) is 22.6 Å². The molecule has 3 aromatic carbocycles. The van der Waals surface area contributed by atoms with Crippen LogP contribution in [0.5, 0.6) is 0 Å². The average molecular weight is 510 g/mol. The second kappa shape index (κ2) is 10.0. The van der Waals surface area contributed by atoms with Gasteiger partial charge < -0.3 is 15.4 Å². The van der Waals surface area contributed by atoms with E-state index in [-0.39, 0.29) is 27.9 Å². The van der Waals surface area contributed by atoms with Gasteiger partial charge in [0.1, 0.15) is 10.7 Å². The number of amides is 3. The van der Waals surface area contributed by atoms with Crippen molar-refractivity contribution in [3.05, 3.63) is 99.7 Å². The smallest absolute Gasteiger partial charge is 0.337 e. The first-order valence-electron chi connectivity index (χ1n) is 10.2. The number of imide groups is 1. The fraction of sp³-hybridized carbons (Fsp3) is 0.0400. The minimum absolute atomic E-state index is 0.131. The third-order valence-electron chi connectivity index (χ3n) is 5.09. The van der Waals surface area contributed by atoms with Crippen LogP contribution in [0.3, 0.4) is 0 Å². The summed E-state index contributed by atoms with van der Waals surface area (Å²) in [5, 5.41) is 5.66. The number of carbonyl (C=O) groups excluding carboxylic acids is 4. The Morgan fingerprint density at radius 2 is 1.57 bits per heavy atom. The van der Waals surface area contributed by atoms with Crippen molar-refractivity contribution in [1.82, 2.24) is 0 Å². The molecule has 0 aliphatic carbocycles. The van der Waals surface area contributed by atoms with Crippen LogP contribution >= 0.6 is 23.2 Å². The molecule has 0 bridgehead atoms. The van der Waals surface area contributed by atoms with Crippen LogP contribution in [0.2, 0.25) is 5.02 Å². The molecule has 1 heterocycles. The van der Waals surface area contributed by atoms with E-state index in [4.69, 9.17) is 23.2 Å². The Kier molecular flexibility index (Phi) is 6.86. The highest BCUT2D eigenvalue weighted by Crippen LogP contribution is 2.31. The number of halogens is 2. The zero-order valence-electron chi connectivity index (χ0n) is 18.2. The third kappa shape index (κ3) is 4.89. The minimum Gasteiger partial charge on any atom is -0.465 e. The third-order valence-corrected chi connectivity index (χ3v) is 5.77. The molecule has 0 atom stereocenters. The fourth-order valence-electron chi connectivity index (χ4n) is 3.34. The van der Waals surface area contributed by atoms with Gasteiger partial charge in [-0.3, -0.25) is 14.4 Å². The van der Waals surface area contributed by atoms with Gasteiger partial charge in [0.15, 0.2) is 0 Å². The summed E-state index contributed by atoms with van der Waals surface area (Å²) in [4.78, 5) is 50.9. The first-order valence-corrected chi connectivity index (χ1v) is 11.0. The number of anilines is 3. The van der Waals surface area contributed by atoms with E-state index >= 15 is 0 Å². The van der Waals surface area contributed by atoms with Gasteiger partial charge in [-0.15, -0.1) is 0 Å². The standard InChI is InChI=1S/C25H17Cl2N3O5/c1-35-25(34)15-5-4-6-17(13-15)30-23(32)20(27)21(24(30)33)28-16-11-9-14(10-12-16)22(31)29-19-8-3-2-7-18(19)26/h2-13,28H,1H3,(H,29,31). The van der Waals surface area contributed by atoms with E-state index in [1.807, 2.05) is 0 Å². The van der Waals surface area contributed by atoms with Gasteiger partial charge in [0.05, 0.1) is 29.1 Å². The van der Waals surface area contributed by atoms with E-state index in [1.54, 1.807) is 48.5 Å². The predicted molar refractivity (Wildman–Crippen MR) is 133 cm³/mol. The van der Waals surface area contributed by atoms with Crippen molar-refractivity contribution in [3.63, 3.8) is 0 Å². The maximum atomic E-state index is 13.0. The Morgan fingerprint density at radius 3 is 2.26 bits per heavy atom. The Morgan fingerprint density at radius 1 is 0.857 bits per heavy atom. The van der Waals surface area contributed by atoms with Crippen LogP contribution in [0.4, 0.5) is 17.1 Å². The monoisotopic (exact) mass is 509 g/mol. The van der Waals surface area contributed by atoms with E-state index in [0.717, 1.165) is 4.90 Å². The molecule has 2 N–H and O–H groups in total. The molecular formula is C25H17Cl2N3O5. The lowest BCUT2D eigenvalue weighted by molar-refractivity contribution is -0.120. The molecule has 176 valence electrons. The summed E-state index contributed by atoms with van der Waals surface area (Å²) in [6.45, 7) is 0. The quantitative estimate of drug-likeness (QED) is 0.364. The fourth-order valence-corrected chi connectivity index (χ4v) is 3.74. The summed E-state index contributed by atoms with van der Waals surface area (Å²) in [7, 11) is 1.23. The van der Waals surface area contributed by atoms with Crippen LogP contribution in [-0.4, -0.2) is 30.8 Å². The molecule has 1 aliphatic rings. The van der Waals surface area contributed by atoms with Gasteiger partial charge in [0.25, 0.3) is 17.7 Å². The van der Waals surface area contributed by atoms with Crippen LogP contribution < -0.4 is 15.5 Å². The topological polar surface area (TPSA) is 105 Å². The highest BCUT2D eigenvalue weighted by molar-refractivity contribution is 6.53. The number of para-hydroxylation sites is 1. The van der Waals surface area contributed by atoms with Crippen LogP contribution in [0.25, 0.3) is 0 Å². The second-order valence-electron chi connectivity index (χ2n) is 7.31. The molecule has 4 rings (SSSR count). The number of hydrogen-bond acceptors (Lipinski definition) is 6. The van der Waals surface area contributed by atoms with Gasteiger partial charge in [-0.1, -0.05) is 41.4 Å². The lowest BCUT2D eigenvalue weighted by atomic mass is 10.1. The second-order valence-corrected chi connectivity index (χ2v) is 8.10. The molecule has 10 heteroatoms. The van der Waals surface area contributed by atoms with E-state index < -0.39 is 17.8 Å². The molecule has 0 unspecified atom stereocenters. The predicted octanol–water partition coefficient (Wildman–Crippen LogP) is 4.81. The van der Waals surface area contributed by atoms with Gasteiger partial charge in [0, 0.05) is 11.3 Å². The summed E-state index contributed by atoms with van der Waals surface area (Å²) in [6, 6.07) is 19.0. The van der Waals surface area contributed by atoms with Crippen LogP contribution in [-0.2, 0) is 14.3 Å². The summed E-state index contributed by atoms with van der Waals surface area (Å²) in [5.74, 6) is -2.41. The molecule has 3 aromatic rings. The molecule has 0 fully saturated rings. The lowest BCUT2D eigenvalue weighted by Crippen LogP contribution is -2.32.